The number of rotatable bonds is 6. The van der Waals surface area contributed by atoms with Gasteiger partial charge in [0.15, 0.2) is 0 Å². The lowest BCUT2D eigenvalue weighted by Crippen LogP contribution is -2.40. The summed E-state index contributed by atoms with van der Waals surface area (Å²) in [5.41, 5.74) is 1.33. The summed E-state index contributed by atoms with van der Waals surface area (Å²) in [4.78, 5) is 2.72. The molecule has 0 spiro atoms. The summed E-state index contributed by atoms with van der Waals surface area (Å²) in [6, 6.07) is 9.71. The number of nitrogens with one attached hydrogen (secondary N) is 1. The summed E-state index contributed by atoms with van der Waals surface area (Å²) < 4.78 is 5.57. The molecule has 2 atom stereocenters. The van der Waals surface area contributed by atoms with Crippen LogP contribution in [0.3, 0.4) is 0 Å². The van der Waals surface area contributed by atoms with Crippen LogP contribution >= 0.6 is 0 Å². The van der Waals surface area contributed by atoms with E-state index in [4.69, 9.17) is 4.74 Å². The van der Waals surface area contributed by atoms with Gasteiger partial charge >= 0.3 is 0 Å². The third kappa shape index (κ3) is 3.58. The average Bonchev–Trinajstić information content (AvgIpc) is 3.37. The zero-order valence-corrected chi connectivity index (χ0v) is 13.3. The molecule has 21 heavy (non-hydrogen) atoms. The number of piperidine rings is 1. The minimum Gasteiger partial charge on any atom is -0.496 e. The van der Waals surface area contributed by atoms with E-state index in [1.165, 1.54) is 50.9 Å². The summed E-state index contributed by atoms with van der Waals surface area (Å²) in [6.45, 7) is 5.94. The van der Waals surface area contributed by atoms with E-state index in [1.807, 2.05) is 0 Å². The lowest BCUT2D eigenvalue weighted by atomic mass is 9.97. The Bertz CT molecular complexity index is 452. The summed E-state index contributed by atoms with van der Waals surface area (Å²) >= 11 is 0. The van der Waals surface area contributed by atoms with Gasteiger partial charge in [-0.05, 0) is 57.7 Å². The Morgan fingerprint density at radius 2 is 2.10 bits per heavy atom. The third-order valence-electron chi connectivity index (χ3n) is 4.97. The standard InChI is InChI=1S/C18H28N2O/c1-14(17-7-3-4-8-18(17)21-2)20(16-9-10-16)13-15-6-5-11-19-12-15/h3-4,7-8,14-16,19H,5-6,9-13H2,1-2H3. The van der Waals surface area contributed by atoms with Gasteiger partial charge in [-0.15, -0.1) is 0 Å². The molecular weight excluding hydrogens is 260 g/mol. The highest BCUT2D eigenvalue weighted by atomic mass is 16.5. The Morgan fingerprint density at radius 3 is 2.76 bits per heavy atom. The summed E-state index contributed by atoms with van der Waals surface area (Å²) in [7, 11) is 1.78. The van der Waals surface area contributed by atoms with E-state index in [9.17, 15) is 0 Å². The first kappa shape index (κ1) is 14.9. The van der Waals surface area contributed by atoms with E-state index in [0.29, 0.717) is 6.04 Å². The SMILES string of the molecule is COc1ccccc1C(C)N(CC1CCCNC1)C1CC1. The fraction of sp³-hybridized carbons (Fsp3) is 0.667. The van der Waals surface area contributed by atoms with Crippen LogP contribution in [0.4, 0.5) is 0 Å². The van der Waals surface area contributed by atoms with Crippen LogP contribution in [-0.2, 0) is 0 Å². The van der Waals surface area contributed by atoms with Gasteiger partial charge in [0.25, 0.3) is 0 Å². The Hall–Kier alpha value is -1.06. The van der Waals surface area contributed by atoms with Gasteiger partial charge in [0.2, 0.25) is 0 Å². The molecule has 1 aromatic rings. The summed E-state index contributed by atoms with van der Waals surface area (Å²) in [5.74, 6) is 1.83. The van der Waals surface area contributed by atoms with Crippen LogP contribution in [0, 0.1) is 5.92 Å². The maximum absolute atomic E-state index is 5.57. The summed E-state index contributed by atoms with van der Waals surface area (Å²) in [5, 5.41) is 3.55. The Labute approximate surface area is 128 Å². The molecule has 0 amide bonds. The molecule has 0 bridgehead atoms. The molecule has 3 rings (SSSR count). The molecule has 1 saturated heterocycles. The predicted molar refractivity (Wildman–Crippen MR) is 86.7 cm³/mol. The highest BCUT2D eigenvalue weighted by Crippen LogP contribution is 2.38. The van der Waals surface area contributed by atoms with Crippen molar-refractivity contribution < 1.29 is 4.74 Å². The highest BCUT2D eigenvalue weighted by molar-refractivity contribution is 5.35. The van der Waals surface area contributed by atoms with Crippen LogP contribution in [0.5, 0.6) is 5.75 Å². The molecule has 0 aromatic heterocycles. The molecule has 1 aromatic carbocycles. The van der Waals surface area contributed by atoms with Crippen molar-refractivity contribution >= 4 is 0 Å². The molecule has 1 saturated carbocycles. The largest absolute Gasteiger partial charge is 0.496 e. The number of hydrogen-bond acceptors (Lipinski definition) is 3. The van der Waals surface area contributed by atoms with Gasteiger partial charge in [0.05, 0.1) is 7.11 Å². The maximum atomic E-state index is 5.57. The quantitative estimate of drug-likeness (QED) is 0.870. The Morgan fingerprint density at radius 1 is 1.29 bits per heavy atom. The molecule has 2 fully saturated rings. The van der Waals surface area contributed by atoms with Gasteiger partial charge in [-0.2, -0.15) is 0 Å². The minimum atomic E-state index is 0.440. The second-order valence-corrected chi connectivity index (χ2v) is 6.56. The molecule has 3 heteroatoms. The Kier molecular flexibility index (Phi) is 4.81. The second kappa shape index (κ2) is 6.80. The number of methoxy groups -OCH3 is 1. The van der Waals surface area contributed by atoms with E-state index >= 15 is 0 Å². The zero-order chi connectivity index (χ0) is 14.7. The van der Waals surface area contributed by atoms with E-state index in [-0.39, 0.29) is 0 Å². The molecule has 2 unspecified atom stereocenters. The molecule has 1 N–H and O–H groups in total. The van der Waals surface area contributed by atoms with Gasteiger partial charge in [0, 0.05) is 24.2 Å². The van der Waals surface area contributed by atoms with Crippen LogP contribution in [0.2, 0.25) is 0 Å². The van der Waals surface area contributed by atoms with Crippen molar-refractivity contribution in [3.05, 3.63) is 29.8 Å². The number of nitrogens with zero attached hydrogens (tertiary/aromatic N) is 1. The first-order valence-corrected chi connectivity index (χ1v) is 8.39. The first-order chi connectivity index (χ1) is 10.3. The van der Waals surface area contributed by atoms with Crippen molar-refractivity contribution in [2.75, 3.05) is 26.7 Å². The van der Waals surface area contributed by atoms with Crippen molar-refractivity contribution in [1.82, 2.24) is 10.2 Å². The molecule has 116 valence electrons. The number of hydrogen-bond donors (Lipinski definition) is 1. The second-order valence-electron chi connectivity index (χ2n) is 6.56. The van der Waals surface area contributed by atoms with Crippen LogP contribution < -0.4 is 10.1 Å². The number of ether oxygens (including phenoxy) is 1. The fourth-order valence-electron chi connectivity index (χ4n) is 3.60. The molecule has 2 aliphatic rings. The molecule has 1 aliphatic carbocycles. The van der Waals surface area contributed by atoms with Crippen molar-refractivity contribution in [1.29, 1.82) is 0 Å². The van der Waals surface area contributed by atoms with Gasteiger partial charge in [0.1, 0.15) is 5.75 Å². The van der Waals surface area contributed by atoms with E-state index < -0.39 is 0 Å². The van der Waals surface area contributed by atoms with Crippen molar-refractivity contribution in [3.63, 3.8) is 0 Å². The average molecular weight is 288 g/mol. The highest BCUT2D eigenvalue weighted by Gasteiger charge is 2.35. The van der Waals surface area contributed by atoms with Gasteiger partial charge in [-0.1, -0.05) is 18.2 Å². The van der Waals surface area contributed by atoms with E-state index in [2.05, 4.69) is 41.4 Å². The summed E-state index contributed by atoms with van der Waals surface area (Å²) in [6.07, 6.45) is 5.42. The minimum absolute atomic E-state index is 0.440. The van der Waals surface area contributed by atoms with Crippen LogP contribution in [-0.4, -0.2) is 37.7 Å². The zero-order valence-electron chi connectivity index (χ0n) is 13.3. The monoisotopic (exact) mass is 288 g/mol. The predicted octanol–water partition coefficient (Wildman–Crippen LogP) is 3.22. The van der Waals surface area contributed by atoms with Gasteiger partial charge < -0.3 is 10.1 Å². The Balaban J connectivity index is 1.73. The lowest BCUT2D eigenvalue weighted by molar-refractivity contribution is 0.152. The maximum Gasteiger partial charge on any atom is 0.123 e. The van der Waals surface area contributed by atoms with E-state index in [1.54, 1.807) is 7.11 Å². The first-order valence-electron chi connectivity index (χ1n) is 8.39. The lowest BCUT2D eigenvalue weighted by Gasteiger charge is -2.35. The molecular formula is C18H28N2O. The van der Waals surface area contributed by atoms with Gasteiger partial charge in [-0.3, -0.25) is 4.90 Å². The fourth-order valence-corrected chi connectivity index (χ4v) is 3.60. The molecule has 3 nitrogen and oxygen atoms in total. The van der Waals surface area contributed by atoms with Gasteiger partial charge in [-0.25, -0.2) is 0 Å². The van der Waals surface area contributed by atoms with E-state index in [0.717, 1.165) is 17.7 Å². The molecule has 1 heterocycles. The van der Waals surface area contributed by atoms with Crippen LogP contribution in [0.25, 0.3) is 0 Å². The number of para-hydroxylation sites is 1. The molecule has 0 radical (unpaired) electrons. The number of benzene rings is 1. The van der Waals surface area contributed by atoms with Crippen LogP contribution in [0.1, 0.15) is 44.2 Å². The normalized spacial score (nSPS) is 24.0. The van der Waals surface area contributed by atoms with Crippen LogP contribution in [0.15, 0.2) is 24.3 Å². The van der Waals surface area contributed by atoms with Crippen molar-refractivity contribution in [2.45, 2.75) is 44.7 Å². The topological polar surface area (TPSA) is 24.5 Å². The molecule has 1 aliphatic heterocycles. The smallest absolute Gasteiger partial charge is 0.123 e. The van der Waals surface area contributed by atoms with Crippen molar-refractivity contribution in [2.24, 2.45) is 5.92 Å². The van der Waals surface area contributed by atoms with Crippen molar-refractivity contribution in [3.8, 4) is 5.75 Å². The third-order valence-corrected chi connectivity index (χ3v) is 4.97.